The summed E-state index contributed by atoms with van der Waals surface area (Å²) in [4.78, 5) is 12.7. The van der Waals surface area contributed by atoms with Crippen LogP contribution < -0.4 is 5.32 Å². The van der Waals surface area contributed by atoms with E-state index in [4.69, 9.17) is 0 Å². The highest BCUT2D eigenvalue weighted by molar-refractivity contribution is 9.10. The third-order valence-corrected chi connectivity index (χ3v) is 5.91. The van der Waals surface area contributed by atoms with Crippen molar-refractivity contribution in [3.63, 3.8) is 0 Å². The Bertz CT molecular complexity index is 1050. The molecular formula is C21H20BrFN4OS. The molecule has 150 valence electrons. The zero-order chi connectivity index (χ0) is 21.0. The molecule has 1 aromatic heterocycles. The quantitative estimate of drug-likeness (QED) is 0.364. The summed E-state index contributed by atoms with van der Waals surface area (Å²) < 4.78 is 16.8. The summed E-state index contributed by atoms with van der Waals surface area (Å²) in [6.07, 6.45) is 1.69. The number of hydrogen-bond acceptors (Lipinski definition) is 4. The number of amides is 1. The van der Waals surface area contributed by atoms with E-state index in [1.807, 2.05) is 25.1 Å². The number of halogens is 2. The zero-order valence-corrected chi connectivity index (χ0v) is 18.4. The highest BCUT2D eigenvalue weighted by Crippen LogP contribution is 2.29. The average Bonchev–Trinajstić information content (AvgIpc) is 3.07. The van der Waals surface area contributed by atoms with Crippen molar-refractivity contribution in [3.8, 4) is 11.4 Å². The van der Waals surface area contributed by atoms with Crippen molar-refractivity contribution in [1.82, 2.24) is 14.8 Å². The minimum absolute atomic E-state index is 0.167. The van der Waals surface area contributed by atoms with Gasteiger partial charge in [-0.2, -0.15) is 0 Å². The Balaban J connectivity index is 1.81. The van der Waals surface area contributed by atoms with Crippen molar-refractivity contribution >= 4 is 39.3 Å². The van der Waals surface area contributed by atoms with Crippen LogP contribution in [0.15, 0.2) is 64.7 Å². The lowest BCUT2D eigenvalue weighted by Crippen LogP contribution is -2.23. The number of aromatic nitrogens is 3. The van der Waals surface area contributed by atoms with Crippen molar-refractivity contribution in [1.29, 1.82) is 0 Å². The molecule has 0 saturated carbocycles. The topological polar surface area (TPSA) is 59.8 Å². The number of anilines is 1. The summed E-state index contributed by atoms with van der Waals surface area (Å²) in [5, 5.41) is 11.3. The van der Waals surface area contributed by atoms with Gasteiger partial charge >= 0.3 is 0 Å². The van der Waals surface area contributed by atoms with Crippen molar-refractivity contribution in [2.24, 2.45) is 0 Å². The molecular weight excluding hydrogens is 455 g/mol. The number of carbonyl (C=O) groups excluding carboxylic acids is 1. The van der Waals surface area contributed by atoms with E-state index in [2.05, 4.69) is 38.0 Å². The van der Waals surface area contributed by atoms with Gasteiger partial charge in [0, 0.05) is 11.0 Å². The molecule has 5 nitrogen and oxygen atoms in total. The van der Waals surface area contributed by atoms with Crippen molar-refractivity contribution < 1.29 is 9.18 Å². The molecule has 1 atom stereocenters. The Morgan fingerprint density at radius 2 is 2.10 bits per heavy atom. The first-order valence-corrected chi connectivity index (χ1v) is 10.6. The lowest BCUT2D eigenvalue weighted by molar-refractivity contribution is -0.115. The number of carbonyl (C=O) groups is 1. The van der Waals surface area contributed by atoms with Crippen LogP contribution >= 0.6 is 27.7 Å². The molecule has 8 heteroatoms. The molecule has 0 radical (unpaired) electrons. The highest BCUT2D eigenvalue weighted by Gasteiger charge is 2.22. The monoisotopic (exact) mass is 474 g/mol. The van der Waals surface area contributed by atoms with Gasteiger partial charge in [-0.25, -0.2) is 4.39 Å². The van der Waals surface area contributed by atoms with Gasteiger partial charge < -0.3 is 5.32 Å². The molecule has 0 saturated heterocycles. The molecule has 1 N–H and O–H groups in total. The van der Waals surface area contributed by atoms with Crippen LogP contribution in [0.1, 0.15) is 12.5 Å². The van der Waals surface area contributed by atoms with Gasteiger partial charge in [0.2, 0.25) is 5.91 Å². The van der Waals surface area contributed by atoms with Gasteiger partial charge in [0.15, 0.2) is 11.0 Å². The normalized spacial score (nSPS) is 11.9. The summed E-state index contributed by atoms with van der Waals surface area (Å²) in [5.41, 5.74) is 2.15. The molecule has 1 heterocycles. The second kappa shape index (κ2) is 9.37. The third kappa shape index (κ3) is 4.94. The molecule has 0 spiro atoms. The smallest absolute Gasteiger partial charge is 0.237 e. The van der Waals surface area contributed by atoms with Crippen LogP contribution in [0.3, 0.4) is 0 Å². The summed E-state index contributed by atoms with van der Waals surface area (Å²) >= 11 is 4.72. The summed E-state index contributed by atoms with van der Waals surface area (Å²) in [7, 11) is 0. The number of rotatable bonds is 7. The molecule has 3 rings (SSSR count). The van der Waals surface area contributed by atoms with Crippen LogP contribution in [0.25, 0.3) is 11.4 Å². The van der Waals surface area contributed by atoms with Crippen LogP contribution in [0, 0.1) is 12.7 Å². The first kappa shape index (κ1) is 21.3. The predicted octanol–water partition coefficient (Wildman–Crippen LogP) is 5.46. The standard InChI is InChI=1S/C21H20BrFN4OS/c1-4-11-27-19(15-7-5-6-8-17(15)23)25-26-21(27)29-14(3)20(28)24-18-10-9-13(2)12-16(18)22/h4-10,12,14H,1,11H2,2-3H3,(H,24,28). The average molecular weight is 475 g/mol. The van der Waals surface area contributed by atoms with Gasteiger partial charge in [-0.3, -0.25) is 9.36 Å². The first-order chi connectivity index (χ1) is 13.9. The molecule has 29 heavy (non-hydrogen) atoms. The molecule has 1 amide bonds. The maximum absolute atomic E-state index is 14.2. The number of aryl methyl sites for hydroxylation is 1. The summed E-state index contributed by atoms with van der Waals surface area (Å²) in [5.74, 6) is -0.142. The van der Waals surface area contributed by atoms with Crippen molar-refractivity contribution in [2.75, 3.05) is 5.32 Å². The SMILES string of the molecule is C=CCn1c(SC(C)C(=O)Nc2ccc(C)cc2Br)nnc1-c1ccccc1F. The largest absolute Gasteiger partial charge is 0.324 e. The number of hydrogen-bond donors (Lipinski definition) is 1. The number of benzene rings is 2. The minimum Gasteiger partial charge on any atom is -0.324 e. The van der Waals surface area contributed by atoms with E-state index < -0.39 is 5.25 Å². The fraction of sp³-hybridized carbons (Fsp3) is 0.190. The molecule has 0 fully saturated rings. The Morgan fingerprint density at radius 1 is 1.34 bits per heavy atom. The lowest BCUT2D eigenvalue weighted by atomic mass is 10.2. The third-order valence-electron chi connectivity index (χ3n) is 4.18. The fourth-order valence-corrected chi connectivity index (χ4v) is 4.13. The predicted molar refractivity (Wildman–Crippen MR) is 118 cm³/mol. The molecule has 1 unspecified atom stereocenters. The molecule has 0 aliphatic carbocycles. The summed E-state index contributed by atoms with van der Waals surface area (Å²) in [6, 6.07) is 12.1. The van der Waals surface area contributed by atoms with Gasteiger partial charge in [-0.15, -0.1) is 16.8 Å². The van der Waals surface area contributed by atoms with Crippen LogP contribution in [0.5, 0.6) is 0 Å². The van der Waals surface area contributed by atoms with Gasteiger partial charge in [-0.1, -0.05) is 36.0 Å². The van der Waals surface area contributed by atoms with E-state index in [9.17, 15) is 9.18 Å². The molecule has 3 aromatic rings. The molecule has 2 aromatic carbocycles. The van der Waals surface area contributed by atoms with E-state index in [1.54, 1.807) is 35.8 Å². The van der Waals surface area contributed by atoms with E-state index in [-0.39, 0.29) is 11.7 Å². The van der Waals surface area contributed by atoms with Gasteiger partial charge in [0.05, 0.1) is 16.5 Å². The van der Waals surface area contributed by atoms with Gasteiger partial charge in [-0.05, 0) is 59.6 Å². The van der Waals surface area contributed by atoms with Crippen LogP contribution in [0.2, 0.25) is 0 Å². The first-order valence-electron chi connectivity index (χ1n) is 8.93. The molecule has 0 aliphatic rings. The maximum atomic E-state index is 14.2. The van der Waals surface area contributed by atoms with Gasteiger partial charge in [0.25, 0.3) is 0 Å². The van der Waals surface area contributed by atoms with E-state index in [0.29, 0.717) is 28.8 Å². The number of thioether (sulfide) groups is 1. The van der Waals surface area contributed by atoms with E-state index >= 15 is 0 Å². The minimum atomic E-state index is -0.440. The van der Waals surface area contributed by atoms with Crippen LogP contribution in [-0.2, 0) is 11.3 Å². The number of nitrogens with zero attached hydrogens (tertiary/aromatic N) is 3. The maximum Gasteiger partial charge on any atom is 0.237 e. The number of allylic oxidation sites excluding steroid dienone is 1. The Morgan fingerprint density at radius 3 is 2.79 bits per heavy atom. The Kier molecular flexibility index (Phi) is 6.87. The van der Waals surface area contributed by atoms with E-state index in [0.717, 1.165) is 10.0 Å². The van der Waals surface area contributed by atoms with Crippen molar-refractivity contribution in [2.45, 2.75) is 30.8 Å². The second-order valence-corrected chi connectivity index (χ2v) is 8.58. The lowest BCUT2D eigenvalue weighted by Gasteiger charge is -2.14. The van der Waals surface area contributed by atoms with Gasteiger partial charge in [0.1, 0.15) is 5.82 Å². The Labute approximate surface area is 181 Å². The number of nitrogens with one attached hydrogen (secondary N) is 1. The fourth-order valence-electron chi connectivity index (χ4n) is 2.68. The van der Waals surface area contributed by atoms with Crippen molar-refractivity contribution in [3.05, 3.63) is 71.0 Å². The second-order valence-electron chi connectivity index (χ2n) is 6.42. The van der Waals surface area contributed by atoms with Crippen LogP contribution in [-0.4, -0.2) is 25.9 Å². The van der Waals surface area contributed by atoms with Crippen LogP contribution in [0.4, 0.5) is 10.1 Å². The molecule has 0 aliphatic heterocycles. The zero-order valence-electron chi connectivity index (χ0n) is 16.0. The highest BCUT2D eigenvalue weighted by atomic mass is 79.9. The molecule has 0 bridgehead atoms. The van der Waals surface area contributed by atoms with E-state index in [1.165, 1.54) is 17.8 Å². The Hall–Kier alpha value is -2.45. The summed E-state index contributed by atoms with van der Waals surface area (Å²) in [6.45, 7) is 7.93.